The van der Waals surface area contributed by atoms with Crippen molar-refractivity contribution >= 4 is 17.3 Å². The van der Waals surface area contributed by atoms with E-state index < -0.39 is 11.6 Å². The van der Waals surface area contributed by atoms with Gasteiger partial charge in [-0.1, -0.05) is 56.4 Å². The molecule has 1 fully saturated rings. The minimum absolute atomic E-state index is 0.00556. The molecular weight excluding hydrogens is 264 g/mol. The molecule has 3 heteroatoms. The monoisotopic (exact) mass is 284 g/mol. The molecule has 0 saturated heterocycles. The number of aliphatic hydroxyl groups excluding tert-OH is 1. The van der Waals surface area contributed by atoms with Crippen molar-refractivity contribution in [2.24, 2.45) is 5.92 Å². The van der Waals surface area contributed by atoms with Gasteiger partial charge in [-0.2, -0.15) is 0 Å². The fraction of sp³-hybridized carbons (Fsp3) is 0.444. The predicted molar refractivity (Wildman–Crippen MR) is 81.1 cm³/mol. The average Bonchev–Trinajstić information content (AvgIpc) is 2.54. The quantitative estimate of drug-likeness (QED) is 0.851. The Morgan fingerprint density at radius 3 is 2.33 bits per heavy atom. The Morgan fingerprint density at radius 2 is 1.62 bits per heavy atom. The number of allylic oxidation sites excluding steroid dienone is 1. The van der Waals surface area contributed by atoms with Gasteiger partial charge in [0.2, 0.25) is 11.6 Å². The van der Waals surface area contributed by atoms with Crippen LogP contribution in [-0.2, 0) is 4.79 Å². The van der Waals surface area contributed by atoms with E-state index in [1.54, 1.807) is 24.3 Å². The lowest BCUT2D eigenvalue weighted by Gasteiger charge is -2.23. The smallest absolute Gasteiger partial charge is 0.234 e. The van der Waals surface area contributed by atoms with Crippen LogP contribution in [0.4, 0.5) is 0 Å². The highest BCUT2D eigenvalue weighted by molar-refractivity contribution is 6.52. The molecule has 0 aromatic heterocycles. The number of fused-ring (bicyclic) bond motifs is 1. The molecule has 0 heterocycles. The summed E-state index contributed by atoms with van der Waals surface area (Å²) in [5.74, 6) is -0.380. The van der Waals surface area contributed by atoms with Crippen LogP contribution in [0.25, 0.3) is 5.76 Å². The summed E-state index contributed by atoms with van der Waals surface area (Å²) in [6, 6.07) is 6.79. The van der Waals surface area contributed by atoms with Gasteiger partial charge in [-0.15, -0.1) is 0 Å². The van der Waals surface area contributed by atoms with Crippen molar-refractivity contribution in [1.82, 2.24) is 0 Å². The zero-order chi connectivity index (χ0) is 14.8. The summed E-state index contributed by atoms with van der Waals surface area (Å²) < 4.78 is 0. The van der Waals surface area contributed by atoms with E-state index in [1.165, 1.54) is 32.1 Å². The van der Waals surface area contributed by atoms with Crippen molar-refractivity contribution in [3.63, 3.8) is 0 Å². The van der Waals surface area contributed by atoms with Crippen LogP contribution >= 0.6 is 0 Å². The van der Waals surface area contributed by atoms with Gasteiger partial charge in [0.25, 0.3) is 0 Å². The summed E-state index contributed by atoms with van der Waals surface area (Å²) in [6.07, 6.45) is 7.61. The first-order valence-electron chi connectivity index (χ1n) is 7.79. The maximum atomic E-state index is 12.2. The largest absolute Gasteiger partial charge is 0.507 e. The molecule has 1 N–H and O–H groups in total. The fourth-order valence-corrected chi connectivity index (χ4v) is 3.47. The molecule has 1 saturated carbocycles. The molecule has 0 spiro atoms. The van der Waals surface area contributed by atoms with Crippen molar-refractivity contribution in [3.05, 3.63) is 41.0 Å². The van der Waals surface area contributed by atoms with Crippen molar-refractivity contribution in [2.45, 2.75) is 44.9 Å². The minimum Gasteiger partial charge on any atom is -0.507 e. The van der Waals surface area contributed by atoms with Crippen LogP contribution < -0.4 is 0 Å². The van der Waals surface area contributed by atoms with E-state index in [-0.39, 0.29) is 5.76 Å². The zero-order valence-electron chi connectivity index (χ0n) is 12.1. The van der Waals surface area contributed by atoms with Gasteiger partial charge < -0.3 is 5.11 Å². The van der Waals surface area contributed by atoms with Crippen LogP contribution in [0.3, 0.4) is 0 Å². The van der Waals surface area contributed by atoms with Gasteiger partial charge in [-0.3, -0.25) is 9.59 Å². The first-order chi connectivity index (χ1) is 10.2. The molecule has 0 bridgehead atoms. The van der Waals surface area contributed by atoms with E-state index in [2.05, 4.69) is 0 Å². The van der Waals surface area contributed by atoms with E-state index in [9.17, 15) is 14.7 Å². The van der Waals surface area contributed by atoms with Crippen LogP contribution in [0.2, 0.25) is 0 Å². The normalized spacial score (nSPS) is 19.8. The third kappa shape index (κ3) is 2.65. The van der Waals surface area contributed by atoms with Crippen LogP contribution in [0.1, 0.15) is 60.9 Å². The highest BCUT2D eigenvalue weighted by Crippen LogP contribution is 2.33. The SMILES string of the molecule is O=C1C(=O)c2ccccc2C(O)=C1CCC1CCCCC1. The predicted octanol–water partition coefficient (Wildman–Crippen LogP) is 4.08. The lowest BCUT2D eigenvalue weighted by molar-refractivity contribution is -0.112. The molecule has 110 valence electrons. The third-order valence-electron chi connectivity index (χ3n) is 4.72. The third-order valence-corrected chi connectivity index (χ3v) is 4.72. The molecule has 0 radical (unpaired) electrons. The Balaban J connectivity index is 1.83. The van der Waals surface area contributed by atoms with Gasteiger partial charge in [-0.25, -0.2) is 0 Å². The zero-order valence-corrected chi connectivity index (χ0v) is 12.1. The summed E-state index contributed by atoms with van der Waals surface area (Å²) in [5.41, 5.74) is 1.13. The first-order valence-corrected chi connectivity index (χ1v) is 7.79. The van der Waals surface area contributed by atoms with Crippen molar-refractivity contribution in [2.75, 3.05) is 0 Å². The fourth-order valence-electron chi connectivity index (χ4n) is 3.47. The van der Waals surface area contributed by atoms with Crippen molar-refractivity contribution in [1.29, 1.82) is 0 Å². The molecule has 2 aliphatic rings. The summed E-state index contributed by atoms with van der Waals surface area (Å²) in [7, 11) is 0. The Hall–Kier alpha value is -1.90. The van der Waals surface area contributed by atoms with Crippen LogP contribution in [-0.4, -0.2) is 16.7 Å². The maximum absolute atomic E-state index is 12.2. The molecule has 0 aliphatic heterocycles. The van der Waals surface area contributed by atoms with Gasteiger partial charge in [-0.05, 0) is 18.8 Å². The lowest BCUT2D eigenvalue weighted by Crippen LogP contribution is -2.24. The highest BCUT2D eigenvalue weighted by Gasteiger charge is 2.32. The number of hydrogen-bond acceptors (Lipinski definition) is 3. The summed E-state index contributed by atoms with van der Waals surface area (Å²) in [4.78, 5) is 24.3. The average molecular weight is 284 g/mol. The number of aliphatic hydroxyl groups is 1. The second-order valence-electron chi connectivity index (χ2n) is 6.07. The Bertz CT molecular complexity index is 607. The van der Waals surface area contributed by atoms with Gasteiger partial charge in [0.15, 0.2) is 0 Å². The number of carbonyl (C=O) groups is 2. The summed E-state index contributed by atoms with van der Waals surface area (Å²) in [5, 5.41) is 10.3. The summed E-state index contributed by atoms with van der Waals surface area (Å²) in [6.45, 7) is 0. The number of benzene rings is 1. The van der Waals surface area contributed by atoms with E-state index in [1.807, 2.05) is 0 Å². The van der Waals surface area contributed by atoms with E-state index in [4.69, 9.17) is 0 Å². The van der Waals surface area contributed by atoms with Gasteiger partial charge in [0.05, 0.1) is 0 Å². The van der Waals surface area contributed by atoms with Crippen LogP contribution in [0.15, 0.2) is 29.8 Å². The maximum Gasteiger partial charge on any atom is 0.234 e. The highest BCUT2D eigenvalue weighted by atomic mass is 16.3. The first kappa shape index (κ1) is 14.1. The second-order valence-corrected chi connectivity index (χ2v) is 6.07. The molecule has 1 aromatic rings. The van der Waals surface area contributed by atoms with E-state index >= 15 is 0 Å². The Kier molecular flexibility index (Phi) is 3.91. The number of rotatable bonds is 3. The van der Waals surface area contributed by atoms with E-state index in [0.29, 0.717) is 29.0 Å². The number of hydrogen-bond donors (Lipinski definition) is 1. The van der Waals surface area contributed by atoms with Crippen molar-refractivity contribution in [3.8, 4) is 0 Å². The molecule has 1 aromatic carbocycles. The molecule has 0 unspecified atom stereocenters. The molecule has 21 heavy (non-hydrogen) atoms. The minimum atomic E-state index is -0.526. The lowest BCUT2D eigenvalue weighted by atomic mass is 9.81. The topological polar surface area (TPSA) is 54.4 Å². The van der Waals surface area contributed by atoms with Crippen molar-refractivity contribution < 1.29 is 14.7 Å². The van der Waals surface area contributed by atoms with E-state index in [0.717, 1.165) is 6.42 Å². The molecule has 3 rings (SSSR count). The molecule has 3 nitrogen and oxygen atoms in total. The standard InChI is InChI=1S/C18H20O3/c19-16-13-8-4-5-9-14(13)17(20)18(21)15(16)11-10-12-6-2-1-3-7-12/h4-5,8-9,12,19H,1-3,6-7,10-11H2. The molecule has 0 atom stereocenters. The van der Waals surface area contributed by atoms with Gasteiger partial charge in [0.1, 0.15) is 5.76 Å². The molecule has 2 aliphatic carbocycles. The molecule has 0 amide bonds. The second kappa shape index (κ2) is 5.84. The Morgan fingerprint density at radius 1 is 0.952 bits per heavy atom. The number of Topliss-reactive ketones (excluding diaryl/α,β-unsaturated/α-hetero) is 2. The van der Waals surface area contributed by atoms with Crippen LogP contribution in [0.5, 0.6) is 0 Å². The molecular formula is C18H20O3. The van der Waals surface area contributed by atoms with Gasteiger partial charge >= 0.3 is 0 Å². The number of carbonyl (C=O) groups excluding carboxylic acids is 2. The summed E-state index contributed by atoms with van der Waals surface area (Å²) >= 11 is 0. The number of ketones is 2. The van der Waals surface area contributed by atoms with Gasteiger partial charge in [0, 0.05) is 16.7 Å². The Labute approximate surface area is 124 Å². The van der Waals surface area contributed by atoms with Crippen LogP contribution in [0, 0.1) is 5.92 Å².